The fourth-order valence-electron chi connectivity index (χ4n) is 3.43. The number of primary amides is 1. The third kappa shape index (κ3) is 8.29. The molecule has 37 heavy (non-hydrogen) atoms. The topological polar surface area (TPSA) is 267 Å². The second kappa shape index (κ2) is 13.0. The second-order valence-electron chi connectivity index (χ2n) is 8.14. The predicted octanol–water partition coefficient (Wildman–Crippen LogP) is -3.08. The molecule has 0 saturated carbocycles. The van der Waals surface area contributed by atoms with Gasteiger partial charge in [0.1, 0.15) is 18.1 Å². The third-order valence-corrected chi connectivity index (χ3v) is 5.30. The average molecular weight is 520 g/mol. The van der Waals surface area contributed by atoms with Crippen LogP contribution >= 0.6 is 0 Å². The van der Waals surface area contributed by atoms with Gasteiger partial charge in [-0.3, -0.25) is 24.0 Å². The van der Waals surface area contributed by atoms with Crippen molar-refractivity contribution in [2.45, 2.75) is 43.4 Å². The molecule has 0 fully saturated rings. The number of fused-ring (bicyclic) bond motifs is 1. The zero-order valence-electron chi connectivity index (χ0n) is 19.5. The molecule has 4 unspecified atom stereocenters. The SMILES string of the molecule is NC(=O)CC(NC(=O)C(N)Cc1c[nH]c2ccccc12)C(=O)NC(CO)C(=O)NC(CC(=O)O)C(=O)O. The number of aromatic nitrogens is 1. The summed E-state index contributed by atoms with van der Waals surface area (Å²) in [5.41, 5.74) is 12.7. The van der Waals surface area contributed by atoms with Crippen LogP contribution in [0.3, 0.4) is 0 Å². The molecule has 0 bridgehead atoms. The van der Waals surface area contributed by atoms with Gasteiger partial charge in [0.15, 0.2) is 0 Å². The predicted molar refractivity (Wildman–Crippen MR) is 127 cm³/mol. The number of rotatable bonds is 14. The monoisotopic (exact) mass is 520 g/mol. The Morgan fingerprint density at radius 1 is 0.865 bits per heavy atom. The highest BCUT2D eigenvalue weighted by molar-refractivity contribution is 5.96. The van der Waals surface area contributed by atoms with Crippen molar-refractivity contribution in [3.05, 3.63) is 36.0 Å². The number of hydrogen-bond donors (Lipinski definition) is 9. The molecule has 0 radical (unpaired) electrons. The van der Waals surface area contributed by atoms with Crippen molar-refractivity contribution < 1.29 is 44.1 Å². The lowest BCUT2D eigenvalue weighted by Crippen LogP contribution is -2.58. The number of aliphatic hydroxyl groups is 1. The van der Waals surface area contributed by atoms with Crippen molar-refractivity contribution in [2.75, 3.05) is 6.61 Å². The molecule has 200 valence electrons. The number of aromatic amines is 1. The van der Waals surface area contributed by atoms with E-state index in [4.69, 9.17) is 21.7 Å². The van der Waals surface area contributed by atoms with Gasteiger partial charge in [0.2, 0.25) is 23.6 Å². The number of amides is 4. The van der Waals surface area contributed by atoms with E-state index in [9.17, 15) is 33.9 Å². The van der Waals surface area contributed by atoms with Gasteiger partial charge >= 0.3 is 11.9 Å². The quantitative estimate of drug-likeness (QED) is 0.121. The largest absolute Gasteiger partial charge is 0.481 e. The Morgan fingerprint density at radius 2 is 1.46 bits per heavy atom. The Hall–Kier alpha value is -4.50. The summed E-state index contributed by atoms with van der Waals surface area (Å²) in [4.78, 5) is 74.2. The molecule has 1 heterocycles. The van der Waals surface area contributed by atoms with Crippen LogP contribution in [0.1, 0.15) is 18.4 Å². The van der Waals surface area contributed by atoms with E-state index >= 15 is 0 Å². The van der Waals surface area contributed by atoms with Gasteiger partial charge < -0.3 is 47.7 Å². The molecule has 1 aromatic carbocycles. The highest BCUT2D eigenvalue weighted by Gasteiger charge is 2.31. The van der Waals surface area contributed by atoms with E-state index in [1.807, 2.05) is 29.6 Å². The molecule has 4 amide bonds. The molecule has 4 atom stereocenters. The Balaban J connectivity index is 2.07. The summed E-state index contributed by atoms with van der Waals surface area (Å²) >= 11 is 0. The van der Waals surface area contributed by atoms with Crippen LogP contribution in [0.5, 0.6) is 0 Å². The van der Waals surface area contributed by atoms with E-state index in [-0.39, 0.29) is 6.42 Å². The minimum atomic E-state index is -1.83. The molecule has 0 aliphatic rings. The van der Waals surface area contributed by atoms with Crippen molar-refractivity contribution >= 4 is 46.5 Å². The highest BCUT2D eigenvalue weighted by atomic mass is 16.4. The molecular weight excluding hydrogens is 492 g/mol. The van der Waals surface area contributed by atoms with E-state index in [1.54, 1.807) is 6.20 Å². The van der Waals surface area contributed by atoms with Crippen LogP contribution in [0.25, 0.3) is 10.9 Å². The summed E-state index contributed by atoms with van der Waals surface area (Å²) in [7, 11) is 0. The summed E-state index contributed by atoms with van der Waals surface area (Å²) in [6, 6.07) is 1.05. The zero-order chi connectivity index (χ0) is 27.7. The van der Waals surface area contributed by atoms with Crippen molar-refractivity contribution in [3.63, 3.8) is 0 Å². The van der Waals surface area contributed by atoms with E-state index in [1.165, 1.54) is 0 Å². The summed E-state index contributed by atoms with van der Waals surface area (Å²) in [5.74, 6) is -7.23. The lowest BCUT2D eigenvalue weighted by atomic mass is 10.0. The fourth-order valence-corrected chi connectivity index (χ4v) is 3.43. The lowest BCUT2D eigenvalue weighted by Gasteiger charge is -2.23. The molecule has 0 aliphatic carbocycles. The van der Waals surface area contributed by atoms with Crippen LogP contribution in [0, 0.1) is 0 Å². The Morgan fingerprint density at radius 3 is 2.05 bits per heavy atom. The maximum absolute atomic E-state index is 12.7. The summed E-state index contributed by atoms with van der Waals surface area (Å²) in [6.07, 6.45) is 0.142. The van der Waals surface area contributed by atoms with Gasteiger partial charge in [-0.2, -0.15) is 0 Å². The number of benzene rings is 1. The summed E-state index contributed by atoms with van der Waals surface area (Å²) in [6.45, 7) is -1.01. The van der Waals surface area contributed by atoms with Gasteiger partial charge in [-0.05, 0) is 18.1 Å². The number of nitrogens with one attached hydrogen (secondary N) is 4. The van der Waals surface area contributed by atoms with E-state index in [2.05, 4.69) is 15.6 Å². The van der Waals surface area contributed by atoms with Crippen LogP contribution in [0.15, 0.2) is 30.5 Å². The van der Waals surface area contributed by atoms with Gasteiger partial charge in [0.05, 0.1) is 25.5 Å². The van der Waals surface area contributed by atoms with Crippen LogP contribution < -0.4 is 27.4 Å². The molecule has 15 nitrogen and oxygen atoms in total. The molecule has 15 heteroatoms. The lowest BCUT2D eigenvalue weighted by molar-refractivity contribution is -0.147. The Bertz CT molecular complexity index is 1180. The number of carboxylic acids is 2. The minimum absolute atomic E-state index is 0.0859. The first kappa shape index (κ1) is 28.7. The fraction of sp³-hybridized carbons (Fsp3) is 0.364. The number of hydrogen-bond acceptors (Lipinski definition) is 8. The maximum atomic E-state index is 12.7. The molecule has 0 aliphatic heterocycles. The van der Waals surface area contributed by atoms with Crippen molar-refractivity contribution in [1.82, 2.24) is 20.9 Å². The van der Waals surface area contributed by atoms with Crippen molar-refractivity contribution in [2.24, 2.45) is 11.5 Å². The molecule has 2 rings (SSSR count). The third-order valence-electron chi connectivity index (χ3n) is 5.30. The smallest absolute Gasteiger partial charge is 0.326 e. The molecule has 0 saturated heterocycles. The van der Waals surface area contributed by atoms with Crippen LogP contribution in [0.2, 0.25) is 0 Å². The number of H-pyrrole nitrogens is 1. The normalized spacial score (nSPS) is 14.1. The number of aliphatic carboxylic acids is 2. The van der Waals surface area contributed by atoms with Crippen molar-refractivity contribution in [1.29, 1.82) is 0 Å². The van der Waals surface area contributed by atoms with Gasteiger partial charge in [0.25, 0.3) is 0 Å². The molecule has 11 N–H and O–H groups in total. The summed E-state index contributed by atoms with van der Waals surface area (Å²) < 4.78 is 0. The first-order chi connectivity index (χ1) is 17.4. The number of para-hydroxylation sites is 1. The van der Waals surface area contributed by atoms with Crippen LogP contribution in [0.4, 0.5) is 0 Å². The van der Waals surface area contributed by atoms with Gasteiger partial charge in [-0.25, -0.2) is 4.79 Å². The number of carboxylic acid groups (broad SMARTS) is 2. The first-order valence-corrected chi connectivity index (χ1v) is 11.0. The van der Waals surface area contributed by atoms with Gasteiger partial charge in [-0.15, -0.1) is 0 Å². The molecule has 1 aromatic heterocycles. The number of nitrogens with two attached hydrogens (primary N) is 2. The van der Waals surface area contributed by atoms with Crippen LogP contribution in [-0.4, -0.2) is 86.6 Å². The number of carbonyl (C=O) groups is 6. The van der Waals surface area contributed by atoms with Crippen LogP contribution in [-0.2, 0) is 35.2 Å². The second-order valence-corrected chi connectivity index (χ2v) is 8.14. The summed E-state index contributed by atoms with van der Waals surface area (Å²) in [5, 5.41) is 34.4. The molecule has 2 aromatic rings. The van der Waals surface area contributed by atoms with E-state index < -0.39 is 79.2 Å². The zero-order valence-corrected chi connectivity index (χ0v) is 19.5. The maximum Gasteiger partial charge on any atom is 0.326 e. The van der Waals surface area contributed by atoms with E-state index in [0.717, 1.165) is 16.5 Å². The van der Waals surface area contributed by atoms with E-state index in [0.29, 0.717) is 0 Å². The number of aliphatic hydroxyl groups excluding tert-OH is 1. The Labute approximate surface area is 209 Å². The first-order valence-electron chi connectivity index (χ1n) is 11.0. The molecular formula is C22H28N6O9. The van der Waals surface area contributed by atoms with Gasteiger partial charge in [0, 0.05) is 17.1 Å². The minimum Gasteiger partial charge on any atom is -0.481 e. The number of carbonyl (C=O) groups excluding carboxylic acids is 4. The Kier molecular flexibility index (Phi) is 10.1. The van der Waals surface area contributed by atoms with Gasteiger partial charge in [-0.1, -0.05) is 18.2 Å². The van der Waals surface area contributed by atoms with Crippen molar-refractivity contribution in [3.8, 4) is 0 Å². The standard InChI is InChI=1S/C22H28N6O9/c23-12(5-10-8-25-13-4-2-1-3-11(10)13)19(33)26-14(6-17(24)30)20(34)28-16(9-29)21(35)27-15(22(36)37)7-18(31)32/h1-4,8,12,14-16,25,29H,5-7,9,23H2,(H2,24,30)(H,26,33)(H,27,35)(H,28,34)(H,31,32)(H,36,37). The highest BCUT2D eigenvalue weighted by Crippen LogP contribution is 2.18. The molecule has 0 spiro atoms. The average Bonchev–Trinajstić information content (AvgIpc) is 3.23.